The van der Waals surface area contributed by atoms with E-state index in [1.54, 1.807) is 18.2 Å². The van der Waals surface area contributed by atoms with Crippen LogP contribution in [0.3, 0.4) is 0 Å². The number of para-hydroxylation sites is 1. The second kappa shape index (κ2) is 7.51. The van der Waals surface area contributed by atoms with Gasteiger partial charge in [-0.25, -0.2) is 8.42 Å². The van der Waals surface area contributed by atoms with Crippen molar-refractivity contribution >= 4 is 44.0 Å². The monoisotopic (exact) mass is 455 g/mol. The molecule has 1 N–H and O–H groups in total. The predicted molar refractivity (Wildman–Crippen MR) is 122 cm³/mol. The first-order valence-corrected chi connectivity index (χ1v) is 12.0. The first-order chi connectivity index (χ1) is 14.9. The summed E-state index contributed by atoms with van der Waals surface area (Å²) in [7, 11) is -3.76. The molecule has 0 aromatic heterocycles. The third-order valence-electron chi connectivity index (χ3n) is 6.39. The zero-order chi connectivity index (χ0) is 21.6. The summed E-state index contributed by atoms with van der Waals surface area (Å²) in [6, 6.07) is 20.3. The lowest BCUT2D eigenvalue weighted by atomic mass is 9.86. The Morgan fingerprint density at radius 3 is 2.29 bits per heavy atom. The highest BCUT2D eigenvalue weighted by atomic mass is 35.5. The van der Waals surface area contributed by atoms with E-state index >= 15 is 0 Å². The van der Waals surface area contributed by atoms with Crippen LogP contribution in [0, 0.1) is 0 Å². The topological polar surface area (TPSA) is 69.7 Å². The summed E-state index contributed by atoms with van der Waals surface area (Å²) < 4.78 is 28.6. The number of carbonyl (C=O) groups is 1. The SMILES string of the molecule is O=C1NCN(c2ccccc2)C12CCN(S(=O)(=O)c1cccc3cccc(Cl)c13)CC2. The van der Waals surface area contributed by atoms with Crippen LogP contribution in [-0.2, 0) is 14.8 Å². The molecule has 2 heterocycles. The number of hydrogen-bond donors (Lipinski definition) is 1. The van der Waals surface area contributed by atoms with E-state index in [2.05, 4.69) is 10.2 Å². The third kappa shape index (κ3) is 3.19. The number of sulfonamides is 1. The van der Waals surface area contributed by atoms with Crippen LogP contribution < -0.4 is 10.2 Å². The highest BCUT2D eigenvalue weighted by Crippen LogP contribution is 2.38. The molecule has 0 unspecified atom stereocenters. The minimum Gasteiger partial charge on any atom is -0.339 e. The molecule has 0 saturated carbocycles. The summed E-state index contributed by atoms with van der Waals surface area (Å²) >= 11 is 6.37. The van der Waals surface area contributed by atoms with Gasteiger partial charge in [-0.05, 0) is 42.5 Å². The number of amides is 1. The fourth-order valence-electron chi connectivity index (χ4n) is 4.75. The van der Waals surface area contributed by atoms with Crippen molar-refractivity contribution < 1.29 is 13.2 Å². The van der Waals surface area contributed by atoms with Gasteiger partial charge in [0.05, 0.1) is 11.6 Å². The molecular weight excluding hydrogens is 434 g/mol. The normalized spacial score (nSPS) is 19.1. The van der Waals surface area contributed by atoms with Crippen LogP contribution >= 0.6 is 11.6 Å². The van der Waals surface area contributed by atoms with Crippen LogP contribution in [0.5, 0.6) is 0 Å². The molecule has 0 bridgehead atoms. The lowest BCUT2D eigenvalue weighted by molar-refractivity contribution is -0.124. The van der Waals surface area contributed by atoms with E-state index in [-0.39, 0.29) is 23.9 Å². The first kappa shape index (κ1) is 20.3. The van der Waals surface area contributed by atoms with Gasteiger partial charge in [0, 0.05) is 29.2 Å². The zero-order valence-electron chi connectivity index (χ0n) is 16.8. The maximum absolute atomic E-state index is 13.5. The second-order valence-electron chi connectivity index (χ2n) is 7.96. The number of nitrogens with one attached hydrogen (secondary N) is 1. The number of anilines is 1. The van der Waals surface area contributed by atoms with Crippen molar-refractivity contribution in [3.8, 4) is 0 Å². The average Bonchev–Trinajstić information content (AvgIpc) is 3.10. The third-order valence-corrected chi connectivity index (χ3v) is 8.64. The molecule has 3 aromatic carbocycles. The number of rotatable bonds is 3. The highest BCUT2D eigenvalue weighted by molar-refractivity contribution is 7.89. The molecule has 2 aliphatic rings. The van der Waals surface area contributed by atoms with Gasteiger partial charge in [-0.2, -0.15) is 4.31 Å². The average molecular weight is 456 g/mol. The minimum atomic E-state index is -3.76. The number of hydrogen-bond acceptors (Lipinski definition) is 4. The Kier molecular flexibility index (Phi) is 4.92. The van der Waals surface area contributed by atoms with E-state index in [1.807, 2.05) is 48.5 Å². The molecule has 31 heavy (non-hydrogen) atoms. The van der Waals surface area contributed by atoms with Gasteiger partial charge in [0.1, 0.15) is 5.54 Å². The number of carbonyl (C=O) groups excluding carboxylic acids is 1. The van der Waals surface area contributed by atoms with Gasteiger partial charge in [0.2, 0.25) is 15.9 Å². The summed E-state index contributed by atoms with van der Waals surface area (Å²) in [5.74, 6) is -0.0402. The lowest BCUT2D eigenvalue weighted by Gasteiger charge is -2.42. The summed E-state index contributed by atoms with van der Waals surface area (Å²) in [5.41, 5.74) is 0.224. The van der Waals surface area contributed by atoms with Crippen molar-refractivity contribution in [2.24, 2.45) is 0 Å². The van der Waals surface area contributed by atoms with Gasteiger partial charge in [-0.15, -0.1) is 0 Å². The molecule has 0 aliphatic carbocycles. The fraction of sp³-hybridized carbons (Fsp3) is 0.261. The van der Waals surface area contributed by atoms with Gasteiger partial charge in [0.15, 0.2) is 0 Å². The molecule has 5 rings (SSSR count). The minimum absolute atomic E-state index is 0.0402. The van der Waals surface area contributed by atoms with E-state index in [1.165, 1.54) is 4.31 Å². The van der Waals surface area contributed by atoms with E-state index in [0.717, 1.165) is 11.1 Å². The molecule has 160 valence electrons. The number of halogens is 1. The number of fused-ring (bicyclic) bond motifs is 1. The maximum atomic E-state index is 13.5. The van der Waals surface area contributed by atoms with Crippen LogP contribution in [0.4, 0.5) is 5.69 Å². The van der Waals surface area contributed by atoms with Crippen molar-refractivity contribution in [1.82, 2.24) is 9.62 Å². The van der Waals surface area contributed by atoms with E-state index < -0.39 is 15.6 Å². The summed E-state index contributed by atoms with van der Waals surface area (Å²) in [5, 5.41) is 4.68. The van der Waals surface area contributed by atoms with Gasteiger partial charge in [0.25, 0.3) is 0 Å². The van der Waals surface area contributed by atoms with E-state index in [9.17, 15) is 13.2 Å². The van der Waals surface area contributed by atoms with Crippen LogP contribution in [0.1, 0.15) is 12.8 Å². The molecule has 2 fully saturated rings. The second-order valence-corrected chi connectivity index (χ2v) is 10.3. The van der Waals surface area contributed by atoms with Crippen LogP contribution in [0.15, 0.2) is 71.6 Å². The molecule has 2 aliphatic heterocycles. The molecule has 8 heteroatoms. The quantitative estimate of drug-likeness (QED) is 0.655. The van der Waals surface area contributed by atoms with Crippen molar-refractivity contribution in [3.63, 3.8) is 0 Å². The first-order valence-electron chi connectivity index (χ1n) is 10.2. The van der Waals surface area contributed by atoms with Gasteiger partial charge in [-0.1, -0.05) is 54.1 Å². The largest absolute Gasteiger partial charge is 0.339 e. The van der Waals surface area contributed by atoms with Crippen molar-refractivity contribution in [3.05, 3.63) is 71.8 Å². The Labute approximate surface area is 186 Å². The lowest BCUT2D eigenvalue weighted by Crippen LogP contribution is -2.57. The Balaban J connectivity index is 1.46. The number of piperidine rings is 1. The molecule has 6 nitrogen and oxygen atoms in total. The Morgan fingerprint density at radius 1 is 0.903 bits per heavy atom. The molecular formula is C23H22ClN3O3S. The molecule has 0 atom stereocenters. The smallest absolute Gasteiger partial charge is 0.247 e. The number of nitrogens with zero attached hydrogens (tertiary/aromatic N) is 2. The Morgan fingerprint density at radius 2 is 1.58 bits per heavy atom. The maximum Gasteiger partial charge on any atom is 0.247 e. The van der Waals surface area contributed by atoms with Gasteiger partial charge in [-0.3, -0.25) is 4.79 Å². The van der Waals surface area contributed by atoms with Crippen molar-refractivity contribution in [2.45, 2.75) is 23.3 Å². The highest BCUT2D eigenvalue weighted by Gasteiger charge is 2.51. The molecule has 0 radical (unpaired) electrons. The predicted octanol–water partition coefficient (Wildman–Crippen LogP) is 3.61. The van der Waals surface area contributed by atoms with Gasteiger partial charge < -0.3 is 10.2 Å². The molecule has 1 amide bonds. The summed E-state index contributed by atoms with van der Waals surface area (Å²) in [6.45, 7) is 0.953. The van der Waals surface area contributed by atoms with Crippen LogP contribution in [-0.4, -0.2) is 43.9 Å². The van der Waals surface area contributed by atoms with Crippen LogP contribution in [0.2, 0.25) is 5.02 Å². The van der Waals surface area contributed by atoms with Crippen molar-refractivity contribution in [1.29, 1.82) is 0 Å². The van der Waals surface area contributed by atoms with Crippen LogP contribution in [0.25, 0.3) is 10.8 Å². The fourth-order valence-corrected chi connectivity index (χ4v) is 6.76. The van der Waals surface area contributed by atoms with Crippen molar-refractivity contribution in [2.75, 3.05) is 24.7 Å². The standard InChI is InChI=1S/C23H22ClN3O3S/c24-19-10-4-6-17-7-5-11-20(21(17)19)31(29,30)26-14-12-23(13-15-26)22(28)25-16-27(23)18-8-2-1-3-9-18/h1-11H,12-16H2,(H,25,28). The zero-order valence-corrected chi connectivity index (χ0v) is 18.4. The van der Waals surface area contributed by atoms with E-state index in [4.69, 9.17) is 11.6 Å². The summed E-state index contributed by atoms with van der Waals surface area (Å²) in [6.07, 6.45) is 0.844. The molecule has 1 spiro atoms. The molecule has 3 aromatic rings. The van der Waals surface area contributed by atoms with Gasteiger partial charge >= 0.3 is 0 Å². The Hall–Kier alpha value is -2.61. The Bertz CT molecular complexity index is 1250. The molecule has 2 saturated heterocycles. The summed E-state index contributed by atoms with van der Waals surface area (Å²) in [4.78, 5) is 15.1. The number of benzene rings is 3. The van der Waals surface area contributed by atoms with E-state index in [0.29, 0.717) is 29.9 Å².